The number of nitro benzene ring substituents is 1. The number of fused-ring (bicyclic) bond motifs is 2. The van der Waals surface area contributed by atoms with Gasteiger partial charge in [0.25, 0.3) is 17.5 Å². The van der Waals surface area contributed by atoms with Crippen molar-refractivity contribution in [3.63, 3.8) is 0 Å². The number of benzene rings is 2. The van der Waals surface area contributed by atoms with E-state index in [0.29, 0.717) is 30.0 Å². The molecule has 0 spiro atoms. The normalized spacial score (nSPS) is 20.1. The number of anilines is 2. The van der Waals surface area contributed by atoms with Gasteiger partial charge in [0.15, 0.2) is 0 Å². The van der Waals surface area contributed by atoms with Crippen molar-refractivity contribution in [2.45, 2.75) is 70.7 Å². The summed E-state index contributed by atoms with van der Waals surface area (Å²) in [7, 11) is 0. The van der Waals surface area contributed by atoms with E-state index in [0.717, 1.165) is 24.8 Å². The Morgan fingerprint density at radius 1 is 1.03 bits per heavy atom. The number of carbonyl (C=O) groups is 3. The minimum Gasteiger partial charge on any atom is -0.444 e. The number of likely N-dealkylation sites (tertiary alicyclic amines) is 1. The molecule has 11 heteroatoms. The monoisotopic (exact) mass is 535 g/mol. The highest BCUT2D eigenvalue weighted by Gasteiger charge is 2.46. The lowest BCUT2D eigenvalue weighted by atomic mass is 10.1. The number of rotatable bonds is 6. The van der Waals surface area contributed by atoms with E-state index in [4.69, 9.17) is 4.74 Å². The van der Waals surface area contributed by atoms with Gasteiger partial charge in [-0.2, -0.15) is 0 Å². The van der Waals surface area contributed by atoms with Crippen LogP contribution in [0.4, 0.5) is 21.9 Å². The average molecular weight is 536 g/mol. The summed E-state index contributed by atoms with van der Waals surface area (Å²) in [6.07, 6.45) is 2.33. The summed E-state index contributed by atoms with van der Waals surface area (Å²) >= 11 is 0. The van der Waals surface area contributed by atoms with Crippen LogP contribution in [0.5, 0.6) is 0 Å². The van der Waals surface area contributed by atoms with Gasteiger partial charge < -0.3 is 25.2 Å². The van der Waals surface area contributed by atoms with Crippen LogP contribution in [0.25, 0.3) is 0 Å². The quantitative estimate of drug-likeness (QED) is 0.417. The molecule has 39 heavy (non-hydrogen) atoms. The molecule has 1 saturated carbocycles. The summed E-state index contributed by atoms with van der Waals surface area (Å²) < 4.78 is 5.53. The zero-order chi connectivity index (χ0) is 28.1. The first-order chi connectivity index (χ1) is 18.4. The number of carbonyl (C=O) groups excluding carboxylic acids is 3. The Labute approximate surface area is 226 Å². The molecule has 2 bridgehead atoms. The van der Waals surface area contributed by atoms with Gasteiger partial charge in [0, 0.05) is 48.2 Å². The van der Waals surface area contributed by atoms with Gasteiger partial charge in [-0.3, -0.25) is 19.7 Å². The molecule has 11 nitrogen and oxygen atoms in total. The summed E-state index contributed by atoms with van der Waals surface area (Å²) in [5, 5.41) is 17.5. The predicted molar refractivity (Wildman–Crippen MR) is 145 cm³/mol. The fraction of sp³-hybridized carbons (Fsp3) is 0.464. The number of ether oxygens (including phenoxy) is 1. The zero-order valence-corrected chi connectivity index (χ0v) is 22.5. The van der Waals surface area contributed by atoms with E-state index in [-0.39, 0.29) is 41.4 Å². The molecule has 1 aliphatic carbocycles. The Morgan fingerprint density at radius 3 is 2.38 bits per heavy atom. The Morgan fingerprint density at radius 2 is 1.77 bits per heavy atom. The third-order valence-corrected chi connectivity index (χ3v) is 7.28. The van der Waals surface area contributed by atoms with Crippen molar-refractivity contribution in [2.75, 3.05) is 23.3 Å². The predicted octanol–water partition coefficient (Wildman–Crippen LogP) is 4.25. The summed E-state index contributed by atoms with van der Waals surface area (Å²) in [6, 6.07) is 9.70. The smallest absolute Gasteiger partial charge is 0.410 e. The van der Waals surface area contributed by atoms with E-state index in [2.05, 4.69) is 15.5 Å². The largest absolute Gasteiger partial charge is 0.444 e. The Bertz CT molecular complexity index is 1350. The van der Waals surface area contributed by atoms with Crippen LogP contribution >= 0.6 is 0 Å². The van der Waals surface area contributed by atoms with Gasteiger partial charge in [-0.25, -0.2) is 4.79 Å². The molecule has 206 valence electrons. The lowest BCUT2D eigenvalue weighted by Gasteiger charge is -2.36. The second-order valence-electron chi connectivity index (χ2n) is 11.5. The number of nitrogens with zero attached hydrogens (tertiary/aromatic N) is 3. The molecule has 2 saturated heterocycles. The molecule has 0 unspecified atom stereocenters. The van der Waals surface area contributed by atoms with Gasteiger partial charge in [0.2, 0.25) is 0 Å². The van der Waals surface area contributed by atoms with Crippen LogP contribution in [0.3, 0.4) is 0 Å². The van der Waals surface area contributed by atoms with Crippen molar-refractivity contribution in [3.05, 3.63) is 63.2 Å². The highest BCUT2D eigenvalue weighted by Crippen LogP contribution is 2.37. The minimum atomic E-state index is -0.633. The molecule has 2 aromatic rings. The van der Waals surface area contributed by atoms with Crippen molar-refractivity contribution in [3.8, 4) is 0 Å². The molecule has 2 aromatic carbocycles. The van der Waals surface area contributed by atoms with Crippen molar-refractivity contribution >= 4 is 35.0 Å². The topological polar surface area (TPSA) is 134 Å². The van der Waals surface area contributed by atoms with Crippen LogP contribution in [-0.4, -0.2) is 64.5 Å². The van der Waals surface area contributed by atoms with Crippen LogP contribution in [-0.2, 0) is 4.74 Å². The Hall–Kier alpha value is -4.15. The SMILES string of the molecule is Cc1ccc(C(=O)NC2CC2)cc1NC(=O)c1cc(N2C[C@@H]3C[C@H]2CN3C(=O)OC(C)(C)C)ccc1[N+](=O)[O-]. The number of hydrogen-bond donors (Lipinski definition) is 2. The van der Waals surface area contributed by atoms with Gasteiger partial charge in [-0.05, 0) is 76.8 Å². The van der Waals surface area contributed by atoms with Crippen LogP contribution < -0.4 is 15.5 Å². The lowest BCUT2D eigenvalue weighted by Crippen LogP contribution is -2.50. The molecular weight excluding hydrogens is 502 g/mol. The zero-order valence-electron chi connectivity index (χ0n) is 22.5. The number of aryl methyl sites for hydroxylation is 1. The summed E-state index contributed by atoms with van der Waals surface area (Å²) in [5.41, 5.74) is 1.26. The molecule has 5 rings (SSSR count). The number of piperazine rings is 1. The Balaban J connectivity index is 1.34. The highest BCUT2D eigenvalue weighted by atomic mass is 16.6. The minimum absolute atomic E-state index is 0.0174. The number of hydrogen-bond acceptors (Lipinski definition) is 7. The second kappa shape index (κ2) is 9.87. The summed E-state index contributed by atoms with van der Waals surface area (Å²) in [6.45, 7) is 8.30. The fourth-order valence-corrected chi connectivity index (χ4v) is 5.16. The summed E-state index contributed by atoms with van der Waals surface area (Å²) in [4.78, 5) is 53.5. The molecule has 3 fully saturated rings. The Kier molecular flexibility index (Phi) is 6.69. The van der Waals surface area contributed by atoms with E-state index in [9.17, 15) is 24.5 Å². The molecule has 0 aromatic heterocycles. The molecule has 2 N–H and O–H groups in total. The van der Waals surface area contributed by atoms with Gasteiger partial charge >= 0.3 is 6.09 Å². The number of nitro groups is 1. The van der Waals surface area contributed by atoms with Gasteiger partial charge in [0.1, 0.15) is 11.2 Å². The molecule has 3 aliphatic rings. The van der Waals surface area contributed by atoms with E-state index in [1.165, 1.54) is 12.1 Å². The van der Waals surface area contributed by atoms with Gasteiger partial charge in [0.05, 0.1) is 11.0 Å². The maximum absolute atomic E-state index is 13.4. The maximum atomic E-state index is 13.4. The van der Waals surface area contributed by atoms with Crippen molar-refractivity contribution in [1.29, 1.82) is 0 Å². The van der Waals surface area contributed by atoms with Gasteiger partial charge in [-0.1, -0.05) is 6.07 Å². The van der Waals surface area contributed by atoms with Crippen LogP contribution in [0.2, 0.25) is 0 Å². The van der Waals surface area contributed by atoms with Crippen LogP contribution in [0, 0.1) is 17.0 Å². The third kappa shape index (κ3) is 5.67. The standard InChI is InChI=1S/C28H33N5O6/c1-16-5-6-17(25(34)29-18-7-8-18)11-23(16)30-26(35)22-13-19(9-10-24(22)33(37)38)31-14-21-12-20(31)15-32(21)27(36)39-28(2,3)4/h5-6,9-11,13,18,20-21H,7-8,12,14-15H2,1-4H3,(H,29,34)(H,30,35)/t20-,21-/m0/s1. The number of amides is 3. The first-order valence-electron chi connectivity index (χ1n) is 13.2. The fourth-order valence-electron chi connectivity index (χ4n) is 5.16. The molecule has 2 aliphatic heterocycles. The third-order valence-electron chi connectivity index (χ3n) is 7.28. The first-order valence-corrected chi connectivity index (χ1v) is 13.2. The highest BCUT2D eigenvalue weighted by molar-refractivity contribution is 6.08. The lowest BCUT2D eigenvalue weighted by molar-refractivity contribution is -0.385. The van der Waals surface area contributed by atoms with Crippen LogP contribution in [0.15, 0.2) is 36.4 Å². The van der Waals surface area contributed by atoms with Crippen LogP contribution in [0.1, 0.15) is 66.3 Å². The molecule has 3 amide bonds. The van der Waals surface area contributed by atoms with E-state index in [1.807, 2.05) is 20.8 Å². The maximum Gasteiger partial charge on any atom is 0.410 e. The summed E-state index contributed by atoms with van der Waals surface area (Å²) in [5.74, 6) is -0.850. The van der Waals surface area contributed by atoms with E-state index in [1.54, 1.807) is 36.1 Å². The van der Waals surface area contributed by atoms with Crippen molar-refractivity contribution < 1.29 is 24.0 Å². The average Bonchev–Trinajstić information content (AvgIpc) is 3.44. The van der Waals surface area contributed by atoms with E-state index >= 15 is 0 Å². The first kappa shape index (κ1) is 26.5. The van der Waals surface area contributed by atoms with Crippen molar-refractivity contribution in [1.82, 2.24) is 10.2 Å². The van der Waals surface area contributed by atoms with Gasteiger partial charge in [-0.15, -0.1) is 0 Å². The second-order valence-corrected chi connectivity index (χ2v) is 11.5. The molecule has 0 radical (unpaired) electrons. The van der Waals surface area contributed by atoms with E-state index < -0.39 is 16.4 Å². The number of nitrogens with one attached hydrogen (secondary N) is 2. The molecule has 2 atom stereocenters. The van der Waals surface area contributed by atoms with Crippen molar-refractivity contribution in [2.24, 2.45) is 0 Å². The molecular formula is C28H33N5O6. The molecule has 2 heterocycles.